The van der Waals surface area contributed by atoms with Crippen molar-refractivity contribution in [3.63, 3.8) is 0 Å². The minimum atomic E-state index is -3.51. The summed E-state index contributed by atoms with van der Waals surface area (Å²) >= 11 is 0. The van der Waals surface area contributed by atoms with Crippen molar-refractivity contribution in [1.29, 1.82) is 0 Å². The Kier molecular flexibility index (Phi) is 5.72. The second kappa shape index (κ2) is 7.57. The Morgan fingerprint density at radius 2 is 1.75 bits per heavy atom. The molecule has 0 saturated heterocycles. The Morgan fingerprint density at radius 1 is 1.08 bits per heavy atom. The van der Waals surface area contributed by atoms with Crippen LogP contribution in [0.25, 0.3) is 0 Å². The highest BCUT2D eigenvalue weighted by Crippen LogP contribution is 2.18. The van der Waals surface area contributed by atoms with Crippen LogP contribution >= 0.6 is 0 Å². The van der Waals surface area contributed by atoms with Crippen LogP contribution in [0, 0.1) is 19.7 Å². The smallest absolute Gasteiger partial charge is 0.224 e. The average Bonchev–Trinajstić information content (AvgIpc) is 2.52. The summed E-state index contributed by atoms with van der Waals surface area (Å²) in [6, 6.07) is 10.3. The monoisotopic (exact) mass is 349 g/mol. The maximum absolute atomic E-state index is 12.9. The third kappa shape index (κ3) is 4.64. The highest BCUT2D eigenvalue weighted by atomic mass is 32.2. The van der Waals surface area contributed by atoms with E-state index in [1.807, 2.05) is 32.0 Å². The molecule has 4 nitrogen and oxygen atoms in total. The van der Waals surface area contributed by atoms with Crippen molar-refractivity contribution in [3.05, 3.63) is 59.4 Å². The molecule has 2 aromatic carbocycles. The number of benzene rings is 2. The highest BCUT2D eigenvalue weighted by molar-refractivity contribution is 7.91. The summed E-state index contributed by atoms with van der Waals surface area (Å²) in [6.45, 7) is 3.88. The molecule has 1 N–H and O–H groups in total. The first-order valence-electron chi connectivity index (χ1n) is 7.64. The first-order valence-corrected chi connectivity index (χ1v) is 9.29. The number of carbonyl (C=O) groups is 1. The minimum Gasteiger partial charge on any atom is -0.326 e. The van der Waals surface area contributed by atoms with E-state index in [-0.39, 0.29) is 29.4 Å². The third-order valence-corrected chi connectivity index (χ3v) is 5.68. The van der Waals surface area contributed by atoms with Crippen LogP contribution in [0.1, 0.15) is 24.0 Å². The highest BCUT2D eigenvalue weighted by Gasteiger charge is 2.15. The van der Waals surface area contributed by atoms with E-state index in [0.29, 0.717) is 0 Å². The molecular weight excluding hydrogens is 329 g/mol. The van der Waals surface area contributed by atoms with Crippen LogP contribution in [0.5, 0.6) is 0 Å². The Morgan fingerprint density at radius 3 is 2.42 bits per heavy atom. The molecule has 24 heavy (non-hydrogen) atoms. The maximum Gasteiger partial charge on any atom is 0.224 e. The number of rotatable bonds is 6. The number of aryl methyl sites for hydroxylation is 1. The van der Waals surface area contributed by atoms with E-state index in [0.717, 1.165) is 28.9 Å². The molecule has 0 spiro atoms. The van der Waals surface area contributed by atoms with Crippen molar-refractivity contribution in [3.8, 4) is 0 Å². The van der Waals surface area contributed by atoms with Crippen molar-refractivity contribution >= 4 is 21.4 Å². The quantitative estimate of drug-likeness (QED) is 0.810. The van der Waals surface area contributed by atoms with Gasteiger partial charge in [-0.3, -0.25) is 4.79 Å². The van der Waals surface area contributed by atoms with Gasteiger partial charge in [-0.05, 0) is 61.7 Å². The Bertz CT molecular complexity index is 830. The molecule has 0 aliphatic rings. The zero-order valence-corrected chi connectivity index (χ0v) is 14.5. The molecule has 2 rings (SSSR count). The van der Waals surface area contributed by atoms with Crippen LogP contribution < -0.4 is 5.32 Å². The van der Waals surface area contributed by atoms with Gasteiger partial charge >= 0.3 is 0 Å². The fraction of sp³-hybridized carbons (Fsp3) is 0.278. The van der Waals surface area contributed by atoms with Gasteiger partial charge in [-0.2, -0.15) is 0 Å². The van der Waals surface area contributed by atoms with Crippen LogP contribution in [-0.4, -0.2) is 20.1 Å². The lowest BCUT2D eigenvalue weighted by Gasteiger charge is -2.10. The number of nitrogens with one attached hydrogen (secondary N) is 1. The van der Waals surface area contributed by atoms with Gasteiger partial charge in [-0.25, -0.2) is 12.8 Å². The van der Waals surface area contributed by atoms with E-state index in [2.05, 4.69) is 5.32 Å². The number of sulfone groups is 1. The van der Waals surface area contributed by atoms with Gasteiger partial charge in [-0.15, -0.1) is 0 Å². The third-order valence-electron chi connectivity index (χ3n) is 3.87. The van der Waals surface area contributed by atoms with Gasteiger partial charge < -0.3 is 5.32 Å². The molecule has 0 fully saturated rings. The van der Waals surface area contributed by atoms with Gasteiger partial charge in [0.25, 0.3) is 0 Å². The molecule has 0 aliphatic carbocycles. The molecule has 0 heterocycles. The van der Waals surface area contributed by atoms with E-state index >= 15 is 0 Å². The zero-order valence-electron chi connectivity index (χ0n) is 13.7. The normalized spacial score (nSPS) is 11.3. The molecule has 0 atom stereocenters. The van der Waals surface area contributed by atoms with E-state index in [4.69, 9.17) is 0 Å². The van der Waals surface area contributed by atoms with Gasteiger partial charge in [0, 0.05) is 12.1 Å². The molecule has 0 saturated carbocycles. The first-order chi connectivity index (χ1) is 11.3. The molecular formula is C18H20FNO3S. The van der Waals surface area contributed by atoms with Crippen molar-refractivity contribution in [1.82, 2.24) is 0 Å². The predicted molar refractivity (Wildman–Crippen MR) is 92.2 cm³/mol. The minimum absolute atomic E-state index is 0.0684. The Hall–Kier alpha value is -2.21. The fourth-order valence-corrected chi connectivity index (χ4v) is 3.59. The standard InChI is InChI=1S/C18H20FNO3S/c1-13-5-3-6-17(14(13)2)20-18(21)7-4-12-24(22,23)16-10-8-15(19)9-11-16/h3,5-6,8-11H,4,7,12H2,1-2H3,(H,20,21). The topological polar surface area (TPSA) is 63.2 Å². The van der Waals surface area contributed by atoms with Crippen LogP contribution in [0.15, 0.2) is 47.4 Å². The Labute approximate surface area is 141 Å². The number of anilines is 1. The van der Waals surface area contributed by atoms with Gasteiger partial charge in [0.05, 0.1) is 10.6 Å². The SMILES string of the molecule is Cc1cccc(NC(=O)CCCS(=O)(=O)c2ccc(F)cc2)c1C. The summed E-state index contributed by atoms with van der Waals surface area (Å²) in [6.07, 6.45) is 0.310. The summed E-state index contributed by atoms with van der Waals surface area (Å²) in [5, 5.41) is 2.80. The van der Waals surface area contributed by atoms with E-state index < -0.39 is 15.7 Å². The number of hydrogen-bond donors (Lipinski definition) is 1. The zero-order chi connectivity index (χ0) is 17.7. The molecule has 6 heteroatoms. The van der Waals surface area contributed by atoms with Crippen LogP contribution in [-0.2, 0) is 14.6 Å². The molecule has 0 radical (unpaired) electrons. The molecule has 0 bridgehead atoms. The summed E-state index contributed by atoms with van der Waals surface area (Å²) < 4.78 is 37.1. The molecule has 128 valence electrons. The van der Waals surface area contributed by atoms with E-state index in [1.165, 1.54) is 12.1 Å². The maximum atomic E-state index is 12.9. The second-order valence-corrected chi connectivity index (χ2v) is 7.78. The van der Waals surface area contributed by atoms with Crippen LogP contribution in [0.4, 0.5) is 10.1 Å². The predicted octanol–water partition coefficient (Wildman–Crippen LogP) is 3.64. The lowest BCUT2D eigenvalue weighted by molar-refractivity contribution is -0.116. The lowest BCUT2D eigenvalue weighted by Crippen LogP contribution is -2.15. The van der Waals surface area contributed by atoms with Gasteiger partial charge in [0.15, 0.2) is 9.84 Å². The van der Waals surface area contributed by atoms with Crippen LogP contribution in [0.3, 0.4) is 0 Å². The number of carbonyl (C=O) groups excluding carboxylic acids is 1. The lowest BCUT2D eigenvalue weighted by atomic mass is 10.1. The Balaban J connectivity index is 1.90. The summed E-state index contributed by atoms with van der Waals surface area (Å²) in [5.41, 5.74) is 2.80. The molecule has 1 amide bonds. The van der Waals surface area contributed by atoms with Crippen molar-refractivity contribution in [2.75, 3.05) is 11.1 Å². The average molecular weight is 349 g/mol. The number of amides is 1. The number of hydrogen-bond acceptors (Lipinski definition) is 3. The van der Waals surface area contributed by atoms with Crippen molar-refractivity contribution in [2.45, 2.75) is 31.6 Å². The van der Waals surface area contributed by atoms with E-state index in [1.54, 1.807) is 0 Å². The summed E-state index contributed by atoms with van der Waals surface area (Å²) in [7, 11) is -3.51. The molecule has 0 unspecified atom stereocenters. The molecule has 2 aromatic rings. The number of halogens is 1. The van der Waals surface area contributed by atoms with Gasteiger partial charge in [0.1, 0.15) is 5.82 Å². The largest absolute Gasteiger partial charge is 0.326 e. The van der Waals surface area contributed by atoms with E-state index in [9.17, 15) is 17.6 Å². The first kappa shape index (κ1) is 18.1. The van der Waals surface area contributed by atoms with Crippen molar-refractivity contribution in [2.24, 2.45) is 0 Å². The van der Waals surface area contributed by atoms with Crippen molar-refractivity contribution < 1.29 is 17.6 Å². The molecule has 0 aliphatic heterocycles. The summed E-state index contributed by atoms with van der Waals surface area (Å²) in [4.78, 5) is 12.1. The van der Waals surface area contributed by atoms with Gasteiger partial charge in [-0.1, -0.05) is 12.1 Å². The van der Waals surface area contributed by atoms with Gasteiger partial charge in [0.2, 0.25) is 5.91 Å². The fourth-order valence-electron chi connectivity index (χ4n) is 2.28. The molecule has 0 aromatic heterocycles. The summed E-state index contributed by atoms with van der Waals surface area (Å²) in [5.74, 6) is -0.862. The van der Waals surface area contributed by atoms with Crippen LogP contribution in [0.2, 0.25) is 0 Å². The second-order valence-electron chi connectivity index (χ2n) is 5.67.